The van der Waals surface area contributed by atoms with Crippen LogP contribution >= 0.6 is 7.60 Å². The van der Waals surface area contributed by atoms with Gasteiger partial charge in [-0.25, -0.2) is 0 Å². The van der Waals surface area contributed by atoms with E-state index in [9.17, 15) is 9.36 Å². The zero-order chi connectivity index (χ0) is 12.8. The summed E-state index contributed by atoms with van der Waals surface area (Å²) in [7, 11) is -4.32. The van der Waals surface area contributed by atoms with Gasteiger partial charge in [0, 0.05) is 0 Å². The number of carbonyl (C=O) groups is 1. The fourth-order valence-electron chi connectivity index (χ4n) is 0.176. The molecule has 84 valence electrons. The highest BCUT2D eigenvalue weighted by Crippen LogP contribution is 2.33. The van der Waals surface area contributed by atoms with Crippen molar-refractivity contribution in [2.75, 3.05) is 6.16 Å². The third-order valence-electron chi connectivity index (χ3n) is 0.341. The highest BCUT2D eigenvalue weighted by molar-refractivity contribution is 7.52. The lowest BCUT2D eigenvalue weighted by Gasteiger charge is -1.95. The predicted octanol–water partition coefficient (Wildman–Crippen LogP) is 1.66. The van der Waals surface area contributed by atoms with Crippen LogP contribution in [0.3, 0.4) is 0 Å². The van der Waals surface area contributed by atoms with Crippen molar-refractivity contribution in [3.8, 4) is 0 Å². The van der Waals surface area contributed by atoms with Gasteiger partial charge in [-0.15, -0.1) is 39.5 Å². The van der Waals surface area contributed by atoms with Gasteiger partial charge in [0.1, 0.15) is 6.16 Å². The van der Waals surface area contributed by atoms with Crippen LogP contribution in [0.4, 0.5) is 0 Å². The second-order valence-electron chi connectivity index (χ2n) is 1.22. The number of carboxylic acid groups (broad SMARTS) is 1. The third kappa shape index (κ3) is 71.2. The zero-order valence-corrected chi connectivity index (χ0v) is 8.95. The first-order valence-electron chi connectivity index (χ1n) is 3.18. The Labute approximate surface area is 84.2 Å². The van der Waals surface area contributed by atoms with Crippen LogP contribution in [0.5, 0.6) is 0 Å². The molecule has 0 aliphatic carbocycles. The topological polar surface area (TPSA) is 94.8 Å². The van der Waals surface area contributed by atoms with Crippen LogP contribution in [0.2, 0.25) is 0 Å². The molecule has 0 aliphatic heterocycles. The van der Waals surface area contributed by atoms with E-state index < -0.39 is 19.7 Å². The predicted molar refractivity (Wildman–Crippen MR) is 58.3 cm³/mol. The summed E-state index contributed by atoms with van der Waals surface area (Å²) in [4.78, 5) is 25.4. The minimum Gasteiger partial charge on any atom is -0.481 e. The summed E-state index contributed by atoms with van der Waals surface area (Å²) in [6.45, 7) is 18.0. The molecule has 3 N–H and O–H groups in total. The Kier molecular flexibility index (Phi) is 29.3. The van der Waals surface area contributed by atoms with E-state index in [1.54, 1.807) is 0 Å². The number of aliphatic carboxylic acids is 1. The summed E-state index contributed by atoms with van der Waals surface area (Å²) >= 11 is 0. The first-order valence-corrected chi connectivity index (χ1v) is 4.98. The summed E-state index contributed by atoms with van der Waals surface area (Å²) in [5, 5.41) is 7.76. The Balaban J connectivity index is -0.0000000708. The zero-order valence-electron chi connectivity index (χ0n) is 8.06. The first-order chi connectivity index (χ1) is 6.42. The van der Waals surface area contributed by atoms with Crippen molar-refractivity contribution in [3.05, 3.63) is 39.5 Å². The van der Waals surface area contributed by atoms with Gasteiger partial charge in [-0.1, -0.05) is 0 Å². The molecule has 0 saturated heterocycles. The molecule has 0 rings (SSSR count). The standard InChI is InChI=1S/C2H5O5P.3C2H4/c3-2(4)1-8(5,6)7;3*1-2/h1H2,(H,3,4)(H2,5,6,7);3*1-2H2. The smallest absolute Gasteiger partial charge is 0.336 e. The monoisotopic (exact) mass is 224 g/mol. The second kappa shape index (κ2) is 17.8. The van der Waals surface area contributed by atoms with Gasteiger partial charge in [0.25, 0.3) is 0 Å². The molecule has 14 heavy (non-hydrogen) atoms. The van der Waals surface area contributed by atoms with Gasteiger partial charge in [0.2, 0.25) is 0 Å². The molecule has 0 unspecified atom stereocenters. The van der Waals surface area contributed by atoms with E-state index in [1.165, 1.54) is 0 Å². The molecular formula is C8H17O5P. The second-order valence-corrected chi connectivity index (χ2v) is 2.86. The fourth-order valence-corrected chi connectivity index (χ4v) is 0.529. The van der Waals surface area contributed by atoms with Gasteiger partial charge in [-0.2, -0.15) is 0 Å². The maximum absolute atomic E-state index is 9.76. The molecule has 0 fully saturated rings. The molecule has 5 nitrogen and oxygen atoms in total. The molecule has 0 saturated carbocycles. The third-order valence-corrected chi connectivity index (χ3v) is 1.02. The lowest BCUT2D eigenvalue weighted by Crippen LogP contribution is -2.01. The SMILES string of the molecule is C=C.C=C.C=C.O=C(O)CP(=O)(O)O. The van der Waals surface area contributed by atoms with Crippen molar-refractivity contribution < 1.29 is 24.3 Å². The van der Waals surface area contributed by atoms with Crippen LogP contribution in [-0.2, 0) is 9.36 Å². The Morgan fingerprint density at radius 3 is 1.21 bits per heavy atom. The molecule has 0 spiro atoms. The highest BCUT2D eigenvalue weighted by Gasteiger charge is 2.17. The summed E-state index contributed by atoms with van der Waals surface area (Å²) in [6.07, 6.45) is -1.09. The number of hydrogen-bond donors (Lipinski definition) is 3. The summed E-state index contributed by atoms with van der Waals surface area (Å²) in [5.74, 6) is -1.49. The van der Waals surface area contributed by atoms with Crippen molar-refractivity contribution >= 4 is 13.6 Å². The van der Waals surface area contributed by atoms with Crippen molar-refractivity contribution in [1.82, 2.24) is 0 Å². The Bertz CT molecular complexity index is 170. The number of rotatable bonds is 2. The van der Waals surface area contributed by atoms with Crippen molar-refractivity contribution in [3.63, 3.8) is 0 Å². The molecule has 0 aromatic rings. The van der Waals surface area contributed by atoms with Crippen LogP contribution in [0, 0.1) is 0 Å². The molecule has 0 aromatic heterocycles. The van der Waals surface area contributed by atoms with E-state index in [1.807, 2.05) is 0 Å². The Hall–Kier alpha value is -1.16. The van der Waals surface area contributed by atoms with Gasteiger partial charge in [0.15, 0.2) is 0 Å². The fraction of sp³-hybridized carbons (Fsp3) is 0.125. The van der Waals surface area contributed by atoms with Crippen LogP contribution in [-0.4, -0.2) is 27.0 Å². The van der Waals surface area contributed by atoms with Crippen molar-refractivity contribution in [2.24, 2.45) is 0 Å². The van der Waals surface area contributed by atoms with Crippen LogP contribution in [0.15, 0.2) is 39.5 Å². The van der Waals surface area contributed by atoms with Gasteiger partial charge < -0.3 is 14.9 Å². The molecule has 0 bridgehead atoms. The van der Waals surface area contributed by atoms with E-state index in [0.717, 1.165) is 0 Å². The normalized spacial score (nSPS) is 7.29. The largest absolute Gasteiger partial charge is 0.481 e. The van der Waals surface area contributed by atoms with E-state index >= 15 is 0 Å². The molecule has 0 aromatic carbocycles. The minimum atomic E-state index is -4.32. The molecule has 0 amide bonds. The van der Waals surface area contributed by atoms with E-state index in [4.69, 9.17) is 14.9 Å². The molecule has 0 heterocycles. The molecule has 6 heteroatoms. The molecule has 0 atom stereocenters. The quantitative estimate of drug-likeness (QED) is 0.489. The maximum atomic E-state index is 9.76. The molecule has 0 radical (unpaired) electrons. The van der Waals surface area contributed by atoms with Gasteiger partial charge in [-0.3, -0.25) is 9.36 Å². The molecule has 0 aliphatic rings. The highest BCUT2D eigenvalue weighted by atomic mass is 31.2. The van der Waals surface area contributed by atoms with Crippen molar-refractivity contribution in [2.45, 2.75) is 0 Å². The van der Waals surface area contributed by atoms with E-state index in [-0.39, 0.29) is 0 Å². The lowest BCUT2D eigenvalue weighted by molar-refractivity contribution is -0.134. The minimum absolute atomic E-state index is 1.09. The van der Waals surface area contributed by atoms with Crippen LogP contribution in [0.1, 0.15) is 0 Å². The van der Waals surface area contributed by atoms with Gasteiger partial charge in [0.05, 0.1) is 0 Å². The van der Waals surface area contributed by atoms with Gasteiger partial charge >= 0.3 is 13.6 Å². The molecular weight excluding hydrogens is 207 g/mol. The average molecular weight is 224 g/mol. The van der Waals surface area contributed by atoms with E-state index in [2.05, 4.69) is 39.5 Å². The van der Waals surface area contributed by atoms with Crippen LogP contribution in [0.25, 0.3) is 0 Å². The lowest BCUT2D eigenvalue weighted by atomic mass is 10.8. The Morgan fingerprint density at radius 1 is 1.00 bits per heavy atom. The Morgan fingerprint density at radius 2 is 1.21 bits per heavy atom. The summed E-state index contributed by atoms with van der Waals surface area (Å²) in [5.41, 5.74) is 0. The summed E-state index contributed by atoms with van der Waals surface area (Å²) in [6, 6.07) is 0. The van der Waals surface area contributed by atoms with Crippen molar-refractivity contribution in [1.29, 1.82) is 0 Å². The van der Waals surface area contributed by atoms with Gasteiger partial charge in [-0.05, 0) is 0 Å². The van der Waals surface area contributed by atoms with E-state index in [0.29, 0.717) is 0 Å². The number of hydrogen-bond acceptors (Lipinski definition) is 2. The van der Waals surface area contributed by atoms with Crippen LogP contribution < -0.4 is 0 Å². The summed E-state index contributed by atoms with van der Waals surface area (Å²) < 4.78 is 9.76. The first kappa shape index (κ1) is 23.0. The average Bonchev–Trinajstić information content (AvgIpc) is 2.11. The number of carboxylic acids is 1. The maximum Gasteiger partial charge on any atom is 0.336 e.